The molecule has 3 N–H and O–H groups in total. The summed E-state index contributed by atoms with van der Waals surface area (Å²) in [6.45, 7) is 2.57. The highest BCUT2D eigenvalue weighted by Crippen LogP contribution is 2.20. The summed E-state index contributed by atoms with van der Waals surface area (Å²) in [5.41, 5.74) is 2.26. The van der Waals surface area contributed by atoms with E-state index in [1.54, 1.807) is 7.11 Å². The lowest BCUT2D eigenvalue weighted by atomic mass is 9.93. The largest absolute Gasteiger partial charge is 0.496 e. The first-order chi connectivity index (χ1) is 10.6. The van der Waals surface area contributed by atoms with Gasteiger partial charge < -0.3 is 20.5 Å². The number of rotatable bonds is 5. The van der Waals surface area contributed by atoms with E-state index in [-0.39, 0.29) is 12.1 Å². The van der Waals surface area contributed by atoms with Crippen molar-refractivity contribution in [3.05, 3.63) is 29.3 Å². The summed E-state index contributed by atoms with van der Waals surface area (Å²) in [6, 6.07) is 5.69. The van der Waals surface area contributed by atoms with Crippen LogP contribution in [0.4, 0.5) is 4.79 Å². The molecule has 2 atom stereocenters. The summed E-state index contributed by atoms with van der Waals surface area (Å²) in [7, 11) is 1.65. The molecule has 2 rings (SSSR count). The number of carbonyl (C=O) groups is 1. The molecule has 5 nitrogen and oxygen atoms in total. The third-order valence-electron chi connectivity index (χ3n) is 4.16. The number of hydrogen-bond donors (Lipinski definition) is 3. The van der Waals surface area contributed by atoms with E-state index in [9.17, 15) is 9.90 Å². The van der Waals surface area contributed by atoms with Gasteiger partial charge in [-0.25, -0.2) is 4.79 Å². The van der Waals surface area contributed by atoms with Crippen LogP contribution in [0.3, 0.4) is 0 Å². The summed E-state index contributed by atoms with van der Waals surface area (Å²) in [5, 5.41) is 15.6. The number of carbonyl (C=O) groups excluding carboxylic acids is 1. The van der Waals surface area contributed by atoms with Crippen molar-refractivity contribution < 1.29 is 14.6 Å². The van der Waals surface area contributed by atoms with Gasteiger partial charge in [0, 0.05) is 6.54 Å². The number of aliphatic hydroxyl groups excluding tert-OH is 1. The molecule has 1 fully saturated rings. The summed E-state index contributed by atoms with van der Waals surface area (Å²) in [5.74, 6) is 0.843. The maximum Gasteiger partial charge on any atom is 0.315 e. The van der Waals surface area contributed by atoms with Gasteiger partial charge >= 0.3 is 6.03 Å². The summed E-state index contributed by atoms with van der Waals surface area (Å²) >= 11 is 0. The van der Waals surface area contributed by atoms with Crippen molar-refractivity contribution in [2.45, 2.75) is 51.2 Å². The summed E-state index contributed by atoms with van der Waals surface area (Å²) < 4.78 is 5.33. The van der Waals surface area contributed by atoms with Crippen molar-refractivity contribution in [2.75, 3.05) is 13.7 Å². The molecule has 1 aromatic rings. The van der Waals surface area contributed by atoms with E-state index in [0.29, 0.717) is 13.0 Å². The number of benzene rings is 1. The Morgan fingerprint density at radius 3 is 2.86 bits per heavy atom. The van der Waals surface area contributed by atoms with Gasteiger partial charge in [-0.2, -0.15) is 0 Å². The van der Waals surface area contributed by atoms with E-state index in [2.05, 4.69) is 16.7 Å². The monoisotopic (exact) mass is 306 g/mol. The van der Waals surface area contributed by atoms with Crippen LogP contribution in [0, 0.1) is 6.92 Å². The first kappa shape index (κ1) is 16.6. The molecule has 22 heavy (non-hydrogen) atoms. The van der Waals surface area contributed by atoms with Crippen molar-refractivity contribution in [1.29, 1.82) is 0 Å². The zero-order valence-corrected chi connectivity index (χ0v) is 13.4. The Morgan fingerprint density at radius 2 is 2.14 bits per heavy atom. The Labute approximate surface area is 132 Å². The standard InChI is InChI=1S/C17H26N2O3/c1-12-7-8-16(22-2)13(11-12)9-10-18-17(21)19-14-5-3-4-6-15(14)20/h7-8,11,14-15,20H,3-6,9-10H2,1-2H3,(H2,18,19,21). The topological polar surface area (TPSA) is 70.6 Å². The predicted molar refractivity (Wildman–Crippen MR) is 86.2 cm³/mol. The number of urea groups is 1. The Morgan fingerprint density at radius 1 is 1.36 bits per heavy atom. The van der Waals surface area contributed by atoms with Gasteiger partial charge in [-0.3, -0.25) is 0 Å². The van der Waals surface area contributed by atoms with Gasteiger partial charge in [0.15, 0.2) is 0 Å². The van der Waals surface area contributed by atoms with Crippen LogP contribution in [0.1, 0.15) is 36.8 Å². The van der Waals surface area contributed by atoms with E-state index in [4.69, 9.17) is 4.74 Å². The number of ether oxygens (including phenoxy) is 1. The Hall–Kier alpha value is -1.75. The van der Waals surface area contributed by atoms with Crippen LogP contribution in [0.5, 0.6) is 5.75 Å². The Kier molecular flexibility index (Phi) is 6.07. The van der Waals surface area contributed by atoms with E-state index < -0.39 is 6.10 Å². The zero-order valence-electron chi connectivity index (χ0n) is 13.4. The molecule has 1 aromatic carbocycles. The Balaban J connectivity index is 1.78. The molecule has 5 heteroatoms. The number of nitrogens with one attached hydrogen (secondary N) is 2. The van der Waals surface area contributed by atoms with E-state index in [1.807, 2.05) is 19.1 Å². The molecule has 0 bridgehead atoms. The third kappa shape index (κ3) is 4.63. The quantitative estimate of drug-likeness (QED) is 0.780. The van der Waals surface area contributed by atoms with Gasteiger partial charge in [0.1, 0.15) is 5.75 Å². The fourth-order valence-electron chi connectivity index (χ4n) is 2.91. The van der Waals surface area contributed by atoms with Crippen LogP contribution >= 0.6 is 0 Å². The molecule has 1 aliphatic carbocycles. The molecule has 0 radical (unpaired) electrons. The highest BCUT2D eigenvalue weighted by Gasteiger charge is 2.24. The minimum atomic E-state index is -0.420. The van der Waals surface area contributed by atoms with Gasteiger partial charge in [-0.15, -0.1) is 0 Å². The SMILES string of the molecule is COc1ccc(C)cc1CCNC(=O)NC1CCCCC1O. The minimum Gasteiger partial charge on any atom is -0.496 e. The highest BCUT2D eigenvalue weighted by molar-refractivity contribution is 5.74. The molecule has 122 valence electrons. The predicted octanol–water partition coefficient (Wildman–Crippen LogP) is 2.15. The number of hydrogen-bond acceptors (Lipinski definition) is 3. The average molecular weight is 306 g/mol. The molecule has 0 saturated heterocycles. The molecule has 0 aromatic heterocycles. The summed E-state index contributed by atoms with van der Waals surface area (Å²) in [4.78, 5) is 11.9. The van der Waals surface area contributed by atoms with Crippen molar-refractivity contribution >= 4 is 6.03 Å². The van der Waals surface area contributed by atoms with Gasteiger partial charge in [0.05, 0.1) is 19.3 Å². The first-order valence-electron chi connectivity index (χ1n) is 7.96. The lowest BCUT2D eigenvalue weighted by Gasteiger charge is -2.28. The second kappa shape index (κ2) is 8.03. The summed E-state index contributed by atoms with van der Waals surface area (Å²) in [6.07, 6.45) is 4.00. The normalized spacial score (nSPS) is 21.2. The molecular weight excluding hydrogens is 280 g/mol. The molecule has 1 saturated carbocycles. The molecule has 0 heterocycles. The van der Waals surface area contributed by atoms with Crippen molar-refractivity contribution in [2.24, 2.45) is 0 Å². The van der Waals surface area contributed by atoms with Crippen LogP contribution in [0.15, 0.2) is 18.2 Å². The van der Waals surface area contributed by atoms with Crippen molar-refractivity contribution in [3.63, 3.8) is 0 Å². The van der Waals surface area contributed by atoms with Crippen molar-refractivity contribution in [3.8, 4) is 5.75 Å². The van der Waals surface area contributed by atoms with Crippen molar-refractivity contribution in [1.82, 2.24) is 10.6 Å². The van der Waals surface area contributed by atoms with Crippen LogP contribution in [-0.4, -0.2) is 36.9 Å². The molecule has 0 aliphatic heterocycles. The molecule has 2 amide bonds. The molecule has 0 spiro atoms. The van der Waals surface area contributed by atoms with Crippen LogP contribution in [0.2, 0.25) is 0 Å². The fourth-order valence-corrected chi connectivity index (χ4v) is 2.91. The van der Waals surface area contributed by atoms with Crippen LogP contribution in [-0.2, 0) is 6.42 Å². The van der Waals surface area contributed by atoms with Crippen LogP contribution < -0.4 is 15.4 Å². The maximum atomic E-state index is 11.9. The number of methoxy groups -OCH3 is 1. The average Bonchev–Trinajstić information content (AvgIpc) is 2.50. The number of aryl methyl sites for hydroxylation is 1. The Bertz CT molecular complexity index is 505. The zero-order chi connectivity index (χ0) is 15.9. The molecule has 1 aliphatic rings. The first-order valence-corrected chi connectivity index (χ1v) is 7.96. The van der Waals surface area contributed by atoms with Gasteiger partial charge in [-0.05, 0) is 37.8 Å². The van der Waals surface area contributed by atoms with Crippen LogP contribution in [0.25, 0.3) is 0 Å². The van der Waals surface area contributed by atoms with E-state index in [1.165, 1.54) is 5.56 Å². The number of aliphatic hydroxyl groups is 1. The second-order valence-corrected chi connectivity index (χ2v) is 5.92. The molecule has 2 unspecified atom stereocenters. The third-order valence-corrected chi connectivity index (χ3v) is 4.16. The lowest BCUT2D eigenvalue weighted by molar-refractivity contribution is 0.0943. The number of amides is 2. The molecular formula is C17H26N2O3. The lowest BCUT2D eigenvalue weighted by Crippen LogP contribution is -2.49. The second-order valence-electron chi connectivity index (χ2n) is 5.92. The van der Waals surface area contributed by atoms with E-state index >= 15 is 0 Å². The van der Waals surface area contributed by atoms with Gasteiger partial charge in [0.2, 0.25) is 0 Å². The highest BCUT2D eigenvalue weighted by atomic mass is 16.5. The van der Waals surface area contributed by atoms with E-state index in [0.717, 1.165) is 37.0 Å². The maximum absolute atomic E-state index is 11.9. The fraction of sp³-hybridized carbons (Fsp3) is 0.588. The van der Waals surface area contributed by atoms with Gasteiger partial charge in [-0.1, -0.05) is 30.5 Å². The minimum absolute atomic E-state index is 0.123. The van der Waals surface area contributed by atoms with Gasteiger partial charge in [0.25, 0.3) is 0 Å². The smallest absolute Gasteiger partial charge is 0.315 e.